The van der Waals surface area contributed by atoms with Gasteiger partial charge in [-0.1, -0.05) is 118 Å². The van der Waals surface area contributed by atoms with Crippen LogP contribution in [0.4, 0.5) is 17.1 Å². The Labute approximate surface area is 350 Å². The summed E-state index contributed by atoms with van der Waals surface area (Å²) in [6, 6.07) is 45.1. The molecular formula is C51H49N3O6. The van der Waals surface area contributed by atoms with Crippen LogP contribution in [0.15, 0.2) is 140 Å². The number of aliphatic hydroxyl groups excluding tert-OH is 1. The Balaban J connectivity index is 1.18. The summed E-state index contributed by atoms with van der Waals surface area (Å²) in [5.74, 6) is -0.563. The van der Waals surface area contributed by atoms with E-state index in [-0.39, 0.29) is 43.2 Å². The molecule has 1 N–H and O–H groups in total. The second kappa shape index (κ2) is 15.4. The highest BCUT2D eigenvalue weighted by Gasteiger charge is 2.66. The number of ether oxygens (including phenoxy) is 2. The Kier molecular flexibility index (Phi) is 10.0. The third-order valence-electron chi connectivity index (χ3n) is 13.1. The molecule has 0 radical (unpaired) electrons. The van der Waals surface area contributed by atoms with Gasteiger partial charge in [0.25, 0.3) is 11.8 Å². The Hall–Kier alpha value is -6.29. The number of anilines is 3. The first-order valence-corrected chi connectivity index (χ1v) is 20.7. The van der Waals surface area contributed by atoms with Crippen molar-refractivity contribution in [3.8, 4) is 5.75 Å². The van der Waals surface area contributed by atoms with Gasteiger partial charge in [0.05, 0.1) is 49.7 Å². The summed E-state index contributed by atoms with van der Waals surface area (Å²) in [6.07, 6.45) is -0.711. The summed E-state index contributed by atoms with van der Waals surface area (Å²) < 4.78 is 12.9. The zero-order valence-electron chi connectivity index (χ0n) is 34.4. The number of rotatable bonds is 12. The SMILES string of the molecule is COc1ccc(C(C)(C)[C@H]2[C@H](CC(=O)N(CCO)Cc3ccccc3)O[C@@]3(C(=O)N(Cc4ccccc4)c4ccc(N5C(=O)c6cccc7cccc5c67)cc43)[C@@H]2C)cc1. The maximum Gasteiger partial charge on any atom is 0.264 e. The Morgan fingerprint density at radius 3 is 2.20 bits per heavy atom. The molecule has 304 valence electrons. The van der Waals surface area contributed by atoms with Gasteiger partial charge in [-0.2, -0.15) is 0 Å². The molecule has 0 aliphatic carbocycles. The highest BCUT2D eigenvalue weighted by molar-refractivity contribution is 6.28. The summed E-state index contributed by atoms with van der Waals surface area (Å²) in [7, 11) is 1.64. The Morgan fingerprint density at radius 2 is 1.52 bits per heavy atom. The van der Waals surface area contributed by atoms with Crippen LogP contribution in [0.2, 0.25) is 0 Å². The summed E-state index contributed by atoms with van der Waals surface area (Å²) in [5, 5.41) is 12.0. The van der Waals surface area contributed by atoms with E-state index < -0.39 is 23.0 Å². The fraction of sp³-hybridized carbons (Fsp3) is 0.275. The van der Waals surface area contributed by atoms with E-state index in [4.69, 9.17) is 9.47 Å². The minimum Gasteiger partial charge on any atom is -0.497 e. The third kappa shape index (κ3) is 6.35. The van der Waals surface area contributed by atoms with Gasteiger partial charge < -0.3 is 24.4 Å². The smallest absolute Gasteiger partial charge is 0.264 e. The zero-order valence-corrected chi connectivity index (χ0v) is 34.4. The van der Waals surface area contributed by atoms with Gasteiger partial charge in [0, 0.05) is 41.6 Å². The molecular weight excluding hydrogens is 751 g/mol. The topological polar surface area (TPSA) is 99.6 Å². The lowest BCUT2D eigenvalue weighted by Crippen LogP contribution is -2.45. The molecule has 0 aromatic heterocycles. The average Bonchev–Trinajstić information content (AvgIpc) is 3.82. The monoisotopic (exact) mass is 799 g/mol. The van der Waals surface area contributed by atoms with E-state index in [1.54, 1.807) is 21.8 Å². The van der Waals surface area contributed by atoms with Gasteiger partial charge in [0.1, 0.15) is 5.75 Å². The number of nitrogens with zero attached hydrogens (tertiary/aromatic N) is 3. The number of carbonyl (C=O) groups is 3. The number of methoxy groups -OCH3 is 1. The molecule has 1 fully saturated rings. The molecule has 0 unspecified atom stereocenters. The number of amides is 3. The van der Waals surface area contributed by atoms with Crippen molar-refractivity contribution in [2.24, 2.45) is 11.8 Å². The Morgan fingerprint density at radius 1 is 0.833 bits per heavy atom. The lowest BCUT2D eigenvalue weighted by atomic mass is 9.63. The van der Waals surface area contributed by atoms with Crippen molar-refractivity contribution in [1.29, 1.82) is 0 Å². The molecule has 4 atom stereocenters. The van der Waals surface area contributed by atoms with Gasteiger partial charge in [0.15, 0.2) is 5.60 Å². The van der Waals surface area contributed by atoms with Crippen molar-refractivity contribution in [2.45, 2.75) is 57.4 Å². The van der Waals surface area contributed by atoms with Gasteiger partial charge in [-0.25, -0.2) is 0 Å². The first-order chi connectivity index (χ1) is 29.1. The maximum atomic E-state index is 15.6. The summed E-state index contributed by atoms with van der Waals surface area (Å²) in [5.41, 5.74) is 4.26. The van der Waals surface area contributed by atoms with Crippen LogP contribution in [0.5, 0.6) is 5.75 Å². The fourth-order valence-corrected chi connectivity index (χ4v) is 10.3. The van der Waals surface area contributed by atoms with Crippen molar-refractivity contribution in [3.05, 3.63) is 167 Å². The normalized spacial score (nSPS) is 20.6. The van der Waals surface area contributed by atoms with Crippen LogP contribution in [0.25, 0.3) is 10.8 Å². The van der Waals surface area contributed by atoms with Crippen molar-refractivity contribution < 1.29 is 29.0 Å². The number of hydrogen-bond acceptors (Lipinski definition) is 6. The van der Waals surface area contributed by atoms with Gasteiger partial charge in [-0.15, -0.1) is 0 Å². The number of carbonyl (C=O) groups excluding carboxylic acids is 3. The number of benzene rings is 6. The van der Waals surface area contributed by atoms with Crippen molar-refractivity contribution in [2.75, 3.05) is 30.1 Å². The Bertz CT molecular complexity index is 2590. The van der Waals surface area contributed by atoms with Crippen LogP contribution < -0.4 is 14.5 Å². The molecule has 0 bridgehead atoms. The lowest BCUT2D eigenvalue weighted by Gasteiger charge is -2.39. The molecule has 9 rings (SSSR count). The standard InChI is InChI=1S/C51H49N3O6/c1-33-47(50(2,3)37-21-24-39(59-4)25-22-37)44(30-45(56)52(27-28-55)31-34-13-7-5-8-14-34)60-51(33)41-29-38(23-26-42(41)53(49(51)58)32-35-15-9-6-10-16-35)54-43-20-12-18-36-17-11-19-40(46(36)43)48(54)57/h5-26,29,33,44,47,55H,27-28,30-32H2,1-4H3/t33-,44+,47-,51+/m1/s1. The quantitative estimate of drug-likeness (QED) is 0.133. The predicted octanol–water partition coefficient (Wildman–Crippen LogP) is 8.92. The molecule has 3 heterocycles. The van der Waals surface area contributed by atoms with Crippen molar-refractivity contribution in [1.82, 2.24) is 4.90 Å². The molecule has 9 nitrogen and oxygen atoms in total. The largest absolute Gasteiger partial charge is 0.497 e. The number of fused-ring (bicyclic) bond motifs is 2. The van der Waals surface area contributed by atoms with Crippen molar-refractivity contribution >= 4 is 45.6 Å². The van der Waals surface area contributed by atoms with Crippen LogP contribution >= 0.6 is 0 Å². The number of hydrogen-bond donors (Lipinski definition) is 1. The summed E-state index contributed by atoms with van der Waals surface area (Å²) in [4.78, 5) is 49.7. The summed E-state index contributed by atoms with van der Waals surface area (Å²) in [6.45, 7) is 7.00. The van der Waals surface area contributed by atoms with E-state index in [0.717, 1.165) is 38.9 Å². The van der Waals surface area contributed by atoms with Gasteiger partial charge in [-0.3, -0.25) is 19.3 Å². The van der Waals surface area contributed by atoms with E-state index in [2.05, 4.69) is 20.8 Å². The van der Waals surface area contributed by atoms with Crippen molar-refractivity contribution in [3.63, 3.8) is 0 Å². The molecule has 1 saturated heterocycles. The van der Waals surface area contributed by atoms with Gasteiger partial charge >= 0.3 is 0 Å². The molecule has 3 amide bonds. The lowest BCUT2D eigenvalue weighted by molar-refractivity contribution is -0.150. The minimum absolute atomic E-state index is 0.00786. The molecule has 3 aliphatic heterocycles. The molecule has 1 spiro atoms. The van der Waals surface area contributed by atoms with Gasteiger partial charge in [-0.05, 0) is 70.0 Å². The van der Waals surface area contributed by atoms with Crippen LogP contribution in [-0.4, -0.2) is 54.1 Å². The predicted molar refractivity (Wildman–Crippen MR) is 233 cm³/mol. The molecule has 0 saturated carbocycles. The molecule has 9 heteroatoms. The van der Waals surface area contributed by atoms with E-state index in [0.29, 0.717) is 35.6 Å². The average molecular weight is 800 g/mol. The first-order valence-electron chi connectivity index (χ1n) is 20.7. The highest BCUT2D eigenvalue weighted by atomic mass is 16.5. The minimum atomic E-state index is -1.50. The van der Waals surface area contributed by atoms with Gasteiger partial charge in [0.2, 0.25) is 5.91 Å². The second-order valence-corrected chi connectivity index (χ2v) is 16.8. The molecule has 60 heavy (non-hydrogen) atoms. The van der Waals surface area contributed by atoms with Crippen LogP contribution in [0.1, 0.15) is 59.8 Å². The number of aliphatic hydroxyl groups is 1. The highest BCUT2D eigenvalue weighted by Crippen LogP contribution is 2.61. The van der Waals surface area contributed by atoms with Crippen LogP contribution in [0.3, 0.4) is 0 Å². The second-order valence-electron chi connectivity index (χ2n) is 16.8. The fourth-order valence-electron chi connectivity index (χ4n) is 10.3. The van der Waals surface area contributed by atoms with E-state index in [1.165, 1.54) is 0 Å². The molecule has 6 aromatic carbocycles. The van der Waals surface area contributed by atoms with E-state index in [1.807, 2.05) is 140 Å². The summed E-state index contributed by atoms with van der Waals surface area (Å²) >= 11 is 0. The molecule has 6 aromatic rings. The van der Waals surface area contributed by atoms with Crippen LogP contribution in [0, 0.1) is 11.8 Å². The maximum absolute atomic E-state index is 15.6. The first kappa shape index (κ1) is 39.2. The third-order valence-corrected chi connectivity index (χ3v) is 13.1. The zero-order chi connectivity index (χ0) is 41.8. The molecule has 3 aliphatic rings. The van der Waals surface area contributed by atoms with Crippen LogP contribution in [-0.2, 0) is 38.4 Å². The van der Waals surface area contributed by atoms with E-state index >= 15 is 4.79 Å². The van der Waals surface area contributed by atoms with E-state index in [9.17, 15) is 14.7 Å².